The zero-order valence-corrected chi connectivity index (χ0v) is 20.0. The molecule has 1 fully saturated rings. The molecule has 0 atom stereocenters. The van der Waals surface area contributed by atoms with E-state index in [1.165, 1.54) is 31.7 Å². The topological polar surface area (TPSA) is 61.8 Å². The second-order valence-corrected chi connectivity index (χ2v) is 7.19. The third-order valence-corrected chi connectivity index (χ3v) is 5.06. The van der Waals surface area contributed by atoms with Gasteiger partial charge < -0.3 is 20.3 Å². The lowest BCUT2D eigenvalue weighted by Crippen LogP contribution is -2.36. The number of anilines is 1. The molecule has 31 heavy (non-hydrogen) atoms. The van der Waals surface area contributed by atoms with Crippen molar-refractivity contribution in [2.75, 3.05) is 25.0 Å². The highest BCUT2D eigenvalue weighted by Crippen LogP contribution is 2.20. The van der Waals surface area contributed by atoms with Gasteiger partial charge in [0.1, 0.15) is 11.6 Å². The number of hydrogen-bond acceptors (Lipinski definition) is 4. The molecule has 2 N–H and O–H groups in total. The van der Waals surface area contributed by atoms with Gasteiger partial charge >= 0.3 is 6.61 Å². The number of rotatable bonds is 7. The predicted molar refractivity (Wildman–Crippen MR) is 130 cm³/mol. The monoisotopic (exact) mass is 545 g/mol. The van der Waals surface area contributed by atoms with Crippen LogP contribution < -0.4 is 20.3 Å². The largest absolute Gasteiger partial charge is 0.434 e. The van der Waals surface area contributed by atoms with Gasteiger partial charge in [0.15, 0.2) is 5.96 Å². The summed E-state index contributed by atoms with van der Waals surface area (Å²) in [6.07, 6.45) is 6.91. The molecule has 6 nitrogen and oxygen atoms in total. The van der Waals surface area contributed by atoms with Crippen molar-refractivity contribution in [3.63, 3.8) is 0 Å². The van der Waals surface area contributed by atoms with Gasteiger partial charge in [-0.3, -0.25) is 4.99 Å². The second-order valence-electron chi connectivity index (χ2n) is 7.19. The van der Waals surface area contributed by atoms with Gasteiger partial charge in [0.05, 0.1) is 0 Å². The van der Waals surface area contributed by atoms with Gasteiger partial charge in [-0.1, -0.05) is 37.1 Å². The van der Waals surface area contributed by atoms with Gasteiger partial charge in [-0.25, -0.2) is 4.98 Å². The number of benzene rings is 1. The van der Waals surface area contributed by atoms with E-state index in [9.17, 15) is 8.78 Å². The SMILES string of the molecule is CN=C(NCc1ccc(N2CCCCCC2)nc1)NCc1ccccc1OC(F)F.I. The lowest BCUT2D eigenvalue weighted by Gasteiger charge is -2.21. The van der Waals surface area contributed by atoms with Crippen LogP contribution in [0.25, 0.3) is 0 Å². The Balaban J connectivity index is 0.00000341. The first-order valence-electron chi connectivity index (χ1n) is 10.3. The van der Waals surface area contributed by atoms with Crippen molar-refractivity contribution >= 4 is 35.8 Å². The minimum Gasteiger partial charge on any atom is -0.434 e. The van der Waals surface area contributed by atoms with Crippen molar-refractivity contribution in [2.24, 2.45) is 4.99 Å². The fraction of sp³-hybridized carbons (Fsp3) is 0.455. The van der Waals surface area contributed by atoms with Gasteiger partial charge in [0.2, 0.25) is 0 Å². The Morgan fingerprint density at radius 3 is 2.42 bits per heavy atom. The zero-order valence-electron chi connectivity index (χ0n) is 17.7. The summed E-state index contributed by atoms with van der Waals surface area (Å²) >= 11 is 0. The molecule has 0 spiro atoms. The Morgan fingerprint density at radius 2 is 1.77 bits per heavy atom. The molecule has 0 amide bonds. The lowest BCUT2D eigenvalue weighted by atomic mass is 10.2. The molecule has 2 heterocycles. The first kappa shape index (κ1) is 25.1. The Morgan fingerprint density at radius 1 is 1.06 bits per heavy atom. The molecule has 9 heteroatoms. The van der Waals surface area contributed by atoms with Crippen LogP contribution in [0.5, 0.6) is 5.75 Å². The number of pyridine rings is 1. The Hall–Kier alpha value is -2.17. The number of nitrogens with one attached hydrogen (secondary N) is 2. The maximum absolute atomic E-state index is 12.6. The van der Waals surface area contributed by atoms with Crippen LogP contribution in [0, 0.1) is 0 Å². The van der Waals surface area contributed by atoms with E-state index in [4.69, 9.17) is 0 Å². The van der Waals surface area contributed by atoms with Crippen molar-refractivity contribution < 1.29 is 13.5 Å². The number of hydrogen-bond donors (Lipinski definition) is 2. The molecule has 0 saturated carbocycles. The minimum atomic E-state index is -2.85. The average Bonchev–Trinajstić information content (AvgIpc) is 3.04. The van der Waals surface area contributed by atoms with Crippen LogP contribution in [0.1, 0.15) is 36.8 Å². The van der Waals surface area contributed by atoms with Gasteiger partial charge in [0, 0.05) is 45.0 Å². The van der Waals surface area contributed by atoms with E-state index < -0.39 is 6.61 Å². The Bertz CT molecular complexity index is 812. The molecule has 1 aliphatic heterocycles. The van der Waals surface area contributed by atoms with Gasteiger partial charge in [0.25, 0.3) is 0 Å². The second kappa shape index (κ2) is 13.3. The highest BCUT2D eigenvalue weighted by Gasteiger charge is 2.11. The molecule has 0 unspecified atom stereocenters. The standard InChI is InChI=1S/C22H29F2N5O.HI/c1-25-22(28-16-18-8-4-5-9-19(18)30-21(23)24)27-15-17-10-11-20(26-14-17)29-12-6-2-3-7-13-29;/h4-5,8-11,14,21H,2-3,6-7,12-13,15-16H2,1H3,(H2,25,27,28);1H. The van der Waals surface area contributed by atoms with Crippen molar-refractivity contribution in [2.45, 2.75) is 45.4 Å². The van der Waals surface area contributed by atoms with E-state index in [0.717, 1.165) is 24.5 Å². The van der Waals surface area contributed by atoms with E-state index in [-0.39, 0.29) is 29.7 Å². The summed E-state index contributed by atoms with van der Waals surface area (Å²) in [5, 5.41) is 6.35. The van der Waals surface area contributed by atoms with E-state index in [1.807, 2.05) is 6.20 Å². The number of nitrogens with zero attached hydrogens (tertiary/aromatic N) is 3. The number of aliphatic imine (C=N–C) groups is 1. The molecule has 1 saturated heterocycles. The Labute approximate surface area is 199 Å². The van der Waals surface area contributed by atoms with Crippen LogP contribution in [0.3, 0.4) is 0 Å². The number of alkyl halides is 2. The smallest absolute Gasteiger partial charge is 0.387 e. The average molecular weight is 545 g/mol. The van der Waals surface area contributed by atoms with Crippen molar-refractivity contribution in [1.82, 2.24) is 15.6 Å². The van der Waals surface area contributed by atoms with Crippen LogP contribution >= 0.6 is 24.0 Å². The summed E-state index contributed by atoms with van der Waals surface area (Å²) in [6.45, 7) is 0.153. The van der Waals surface area contributed by atoms with Crippen LogP contribution in [-0.4, -0.2) is 37.7 Å². The summed E-state index contributed by atoms with van der Waals surface area (Å²) in [6, 6.07) is 10.8. The number of para-hydroxylation sites is 1. The van der Waals surface area contributed by atoms with E-state index in [1.54, 1.807) is 25.2 Å². The van der Waals surface area contributed by atoms with Crippen LogP contribution in [-0.2, 0) is 13.1 Å². The molecule has 0 aliphatic carbocycles. The molecule has 2 aromatic rings. The van der Waals surface area contributed by atoms with E-state index in [0.29, 0.717) is 24.6 Å². The first-order chi connectivity index (χ1) is 14.7. The number of halogens is 3. The fourth-order valence-corrected chi connectivity index (χ4v) is 3.45. The number of guanidine groups is 1. The number of ether oxygens (including phenoxy) is 1. The van der Waals surface area contributed by atoms with Crippen LogP contribution in [0.4, 0.5) is 14.6 Å². The normalized spacial score (nSPS) is 14.6. The maximum atomic E-state index is 12.6. The molecule has 170 valence electrons. The molecular formula is C22H30F2IN5O. The molecule has 0 bridgehead atoms. The summed E-state index contributed by atoms with van der Waals surface area (Å²) < 4.78 is 29.7. The zero-order chi connectivity index (χ0) is 21.2. The summed E-state index contributed by atoms with van der Waals surface area (Å²) in [4.78, 5) is 11.2. The van der Waals surface area contributed by atoms with Gasteiger partial charge in [-0.15, -0.1) is 24.0 Å². The quantitative estimate of drug-likeness (QED) is 0.304. The van der Waals surface area contributed by atoms with Crippen molar-refractivity contribution in [1.29, 1.82) is 0 Å². The Kier molecular flexibility index (Phi) is 10.8. The van der Waals surface area contributed by atoms with Crippen molar-refractivity contribution in [3.05, 3.63) is 53.7 Å². The summed E-state index contributed by atoms with van der Waals surface area (Å²) in [5.41, 5.74) is 1.67. The number of aromatic nitrogens is 1. The molecule has 1 aromatic carbocycles. The fourth-order valence-electron chi connectivity index (χ4n) is 3.45. The van der Waals surface area contributed by atoms with E-state index in [2.05, 4.69) is 42.4 Å². The van der Waals surface area contributed by atoms with Gasteiger partial charge in [-0.05, 0) is 30.5 Å². The molecule has 1 aromatic heterocycles. The van der Waals surface area contributed by atoms with E-state index >= 15 is 0 Å². The third kappa shape index (κ3) is 8.12. The third-order valence-electron chi connectivity index (χ3n) is 5.06. The predicted octanol–water partition coefficient (Wildman–Crippen LogP) is 4.55. The minimum absolute atomic E-state index is 0. The summed E-state index contributed by atoms with van der Waals surface area (Å²) in [5.74, 6) is 1.75. The highest BCUT2D eigenvalue weighted by atomic mass is 127. The highest BCUT2D eigenvalue weighted by molar-refractivity contribution is 14.0. The van der Waals surface area contributed by atoms with Crippen LogP contribution in [0.15, 0.2) is 47.6 Å². The maximum Gasteiger partial charge on any atom is 0.387 e. The molecule has 0 radical (unpaired) electrons. The molecule has 1 aliphatic rings. The molecular weight excluding hydrogens is 515 g/mol. The first-order valence-corrected chi connectivity index (χ1v) is 10.3. The van der Waals surface area contributed by atoms with Crippen molar-refractivity contribution in [3.8, 4) is 5.75 Å². The summed E-state index contributed by atoms with van der Waals surface area (Å²) in [7, 11) is 1.66. The lowest BCUT2D eigenvalue weighted by molar-refractivity contribution is -0.0504. The molecule has 3 rings (SSSR count). The van der Waals surface area contributed by atoms with Crippen LogP contribution in [0.2, 0.25) is 0 Å². The van der Waals surface area contributed by atoms with Gasteiger partial charge in [-0.2, -0.15) is 8.78 Å².